The second kappa shape index (κ2) is 8.98. The number of aryl methyl sites for hydroxylation is 1. The molecule has 0 aliphatic rings. The zero-order chi connectivity index (χ0) is 20.0. The lowest BCUT2D eigenvalue weighted by atomic mass is 10.2. The fraction of sp³-hybridized carbons (Fsp3) is 0.222. The number of halogens is 1. The molecule has 0 fully saturated rings. The smallest absolute Gasteiger partial charge is 0.243 e. The van der Waals surface area contributed by atoms with Crippen LogP contribution in [0.4, 0.5) is 5.69 Å². The average Bonchev–Trinajstić information content (AvgIpc) is 2.62. The van der Waals surface area contributed by atoms with Gasteiger partial charge >= 0.3 is 0 Å². The lowest BCUT2D eigenvalue weighted by Gasteiger charge is -2.17. The highest BCUT2D eigenvalue weighted by atomic mass is 35.5. The lowest BCUT2D eigenvalue weighted by Crippen LogP contribution is -2.41. The molecule has 0 aromatic heterocycles. The van der Waals surface area contributed by atoms with Gasteiger partial charge in [0.25, 0.3) is 0 Å². The molecular weight excluding hydrogens is 390 g/mol. The van der Waals surface area contributed by atoms with Crippen LogP contribution in [0.2, 0.25) is 5.02 Å². The Morgan fingerprint density at radius 3 is 2.22 bits per heavy atom. The summed E-state index contributed by atoms with van der Waals surface area (Å²) in [6.07, 6.45) is 0. The molecule has 0 spiro atoms. The number of nitrogens with zero attached hydrogens (tertiary/aromatic N) is 1. The molecule has 27 heavy (non-hydrogen) atoms. The van der Waals surface area contributed by atoms with Crippen LogP contribution < -0.4 is 10.0 Å². The van der Waals surface area contributed by atoms with Crippen LogP contribution in [-0.2, 0) is 19.6 Å². The van der Waals surface area contributed by atoms with Crippen LogP contribution in [0.1, 0.15) is 5.56 Å². The van der Waals surface area contributed by atoms with Crippen molar-refractivity contribution in [2.75, 3.05) is 25.5 Å². The molecule has 2 aromatic rings. The van der Waals surface area contributed by atoms with E-state index in [1.165, 1.54) is 19.2 Å². The van der Waals surface area contributed by atoms with E-state index in [9.17, 15) is 18.0 Å². The summed E-state index contributed by atoms with van der Waals surface area (Å²) in [7, 11) is -2.38. The topological polar surface area (TPSA) is 95.6 Å². The monoisotopic (exact) mass is 409 g/mol. The first-order valence-corrected chi connectivity index (χ1v) is 9.89. The molecule has 0 bridgehead atoms. The van der Waals surface area contributed by atoms with E-state index in [1.807, 2.05) is 6.92 Å². The van der Waals surface area contributed by atoms with Crippen molar-refractivity contribution in [3.05, 3.63) is 59.1 Å². The van der Waals surface area contributed by atoms with E-state index >= 15 is 0 Å². The van der Waals surface area contributed by atoms with E-state index in [-0.39, 0.29) is 11.4 Å². The number of anilines is 1. The van der Waals surface area contributed by atoms with E-state index in [1.54, 1.807) is 36.4 Å². The summed E-state index contributed by atoms with van der Waals surface area (Å²) in [4.78, 5) is 25.3. The van der Waals surface area contributed by atoms with Crippen LogP contribution in [0, 0.1) is 6.92 Å². The van der Waals surface area contributed by atoms with Crippen molar-refractivity contribution in [2.24, 2.45) is 0 Å². The average molecular weight is 410 g/mol. The quantitative estimate of drug-likeness (QED) is 0.731. The van der Waals surface area contributed by atoms with Gasteiger partial charge in [-0.15, -0.1) is 0 Å². The van der Waals surface area contributed by atoms with Gasteiger partial charge in [0.05, 0.1) is 18.0 Å². The normalized spacial score (nSPS) is 11.1. The number of hydrogen-bond donors (Lipinski definition) is 2. The zero-order valence-corrected chi connectivity index (χ0v) is 16.5. The van der Waals surface area contributed by atoms with E-state index in [0.717, 1.165) is 10.5 Å². The molecule has 0 heterocycles. The minimum Gasteiger partial charge on any atom is -0.335 e. The summed E-state index contributed by atoms with van der Waals surface area (Å²) in [5, 5.41) is 3.17. The van der Waals surface area contributed by atoms with Gasteiger partial charge in [-0.05, 0) is 43.3 Å². The first kappa shape index (κ1) is 20.9. The zero-order valence-electron chi connectivity index (χ0n) is 14.9. The number of nitrogens with one attached hydrogen (secondary N) is 2. The number of rotatable bonds is 7. The number of benzene rings is 2. The lowest BCUT2D eigenvalue weighted by molar-refractivity contribution is -0.132. The van der Waals surface area contributed by atoms with Crippen LogP contribution in [-0.4, -0.2) is 45.3 Å². The van der Waals surface area contributed by atoms with Crippen LogP contribution in [0.15, 0.2) is 53.4 Å². The molecule has 0 unspecified atom stereocenters. The maximum Gasteiger partial charge on any atom is 0.243 e. The number of amides is 2. The van der Waals surface area contributed by atoms with Gasteiger partial charge < -0.3 is 10.2 Å². The molecule has 0 saturated carbocycles. The Kier molecular flexibility index (Phi) is 6.95. The third kappa shape index (κ3) is 6.35. The summed E-state index contributed by atoms with van der Waals surface area (Å²) in [5.41, 5.74) is 1.47. The SMILES string of the molecule is Cc1ccc(S(=O)(=O)NCC(=O)N(C)CC(=O)Nc2ccc(Cl)cc2)cc1. The second-order valence-corrected chi connectivity index (χ2v) is 8.15. The van der Waals surface area contributed by atoms with Crippen molar-refractivity contribution in [1.82, 2.24) is 9.62 Å². The Labute approximate surface area is 163 Å². The summed E-state index contributed by atoms with van der Waals surface area (Å²) >= 11 is 5.78. The molecule has 0 aliphatic carbocycles. The summed E-state index contributed by atoms with van der Waals surface area (Å²) in [5.74, 6) is -0.938. The van der Waals surface area contributed by atoms with Gasteiger partial charge in [-0.25, -0.2) is 13.1 Å². The van der Waals surface area contributed by atoms with Gasteiger partial charge in [0, 0.05) is 17.8 Å². The van der Waals surface area contributed by atoms with E-state index in [0.29, 0.717) is 10.7 Å². The Morgan fingerprint density at radius 1 is 1.04 bits per heavy atom. The van der Waals surface area contributed by atoms with Gasteiger partial charge in [-0.3, -0.25) is 9.59 Å². The Bertz CT molecular complexity index is 913. The predicted octanol–water partition coefficient (Wildman–Crippen LogP) is 2.02. The maximum atomic E-state index is 12.2. The Morgan fingerprint density at radius 2 is 1.63 bits per heavy atom. The molecule has 0 saturated heterocycles. The van der Waals surface area contributed by atoms with E-state index in [4.69, 9.17) is 11.6 Å². The van der Waals surface area contributed by atoms with Crippen LogP contribution in [0.5, 0.6) is 0 Å². The van der Waals surface area contributed by atoms with Gasteiger partial charge in [0.1, 0.15) is 0 Å². The molecule has 2 amide bonds. The maximum absolute atomic E-state index is 12.2. The third-order valence-electron chi connectivity index (χ3n) is 3.68. The summed E-state index contributed by atoms with van der Waals surface area (Å²) in [6.45, 7) is 1.19. The third-order valence-corrected chi connectivity index (χ3v) is 5.35. The van der Waals surface area contributed by atoms with Crippen LogP contribution >= 0.6 is 11.6 Å². The first-order chi connectivity index (χ1) is 12.7. The fourth-order valence-corrected chi connectivity index (χ4v) is 3.23. The Balaban J connectivity index is 1.86. The Hall–Kier alpha value is -2.42. The molecule has 2 aromatic carbocycles. The van der Waals surface area contributed by atoms with Crippen molar-refractivity contribution < 1.29 is 18.0 Å². The number of sulfonamides is 1. The van der Waals surface area contributed by atoms with Gasteiger partial charge in [-0.1, -0.05) is 29.3 Å². The highest BCUT2D eigenvalue weighted by Gasteiger charge is 2.18. The molecule has 0 aliphatic heterocycles. The standard InChI is InChI=1S/C18H20ClN3O4S/c1-13-3-9-16(10-4-13)27(25,26)20-11-18(24)22(2)12-17(23)21-15-7-5-14(19)6-8-15/h3-10,20H,11-12H2,1-2H3,(H,21,23). The van der Waals surface area contributed by atoms with Crippen LogP contribution in [0.3, 0.4) is 0 Å². The summed E-state index contributed by atoms with van der Waals surface area (Å²) in [6, 6.07) is 12.8. The van der Waals surface area contributed by atoms with Crippen molar-refractivity contribution in [1.29, 1.82) is 0 Å². The molecule has 0 atom stereocenters. The molecule has 7 nitrogen and oxygen atoms in total. The largest absolute Gasteiger partial charge is 0.335 e. The molecule has 9 heteroatoms. The second-order valence-electron chi connectivity index (χ2n) is 5.94. The van der Waals surface area contributed by atoms with E-state index < -0.39 is 28.4 Å². The molecular formula is C18H20ClN3O4S. The number of carbonyl (C=O) groups is 2. The summed E-state index contributed by atoms with van der Waals surface area (Å²) < 4.78 is 26.6. The van der Waals surface area contributed by atoms with Crippen molar-refractivity contribution in [3.63, 3.8) is 0 Å². The van der Waals surface area contributed by atoms with E-state index in [2.05, 4.69) is 10.0 Å². The molecule has 2 N–H and O–H groups in total. The first-order valence-electron chi connectivity index (χ1n) is 8.03. The highest BCUT2D eigenvalue weighted by molar-refractivity contribution is 7.89. The molecule has 144 valence electrons. The number of carbonyl (C=O) groups excluding carboxylic acids is 2. The number of hydrogen-bond acceptors (Lipinski definition) is 4. The van der Waals surface area contributed by atoms with Crippen LogP contribution in [0.25, 0.3) is 0 Å². The number of likely N-dealkylation sites (N-methyl/N-ethyl adjacent to an activating group) is 1. The molecule has 0 radical (unpaired) electrons. The molecule has 2 rings (SSSR count). The van der Waals surface area contributed by atoms with Gasteiger partial charge in [0.2, 0.25) is 21.8 Å². The predicted molar refractivity (Wildman–Crippen MR) is 104 cm³/mol. The van der Waals surface area contributed by atoms with Gasteiger partial charge in [-0.2, -0.15) is 0 Å². The minimum absolute atomic E-state index is 0.0732. The van der Waals surface area contributed by atoms with Crippen molar-refractivity contribution in [2.45, 2.75) is 11.8 Å². The highest BCUT2D eigenvalue weighted by Crippen LogP contribution is 2.13. The van der Waals surface area contributed by atoms with Crippen molar-refractivity contribution in [3.8, 4) is 0 Å². The van der Waals surface area contributed by atoms with Gasteiger partial charge in [0.15, 0.2) is 0 Å². The van der Waals surface area contributed by atoms with Crippen molar-refractivity contribution >= 4 is 39.1 Å². The minimum atomic E-state index is -3.80. The fourth-order valence-electron chi connectivity index (χ4n) is 2.13.